The molecule has 10 heteroatoms. The summed E-state index contributed by atoms with van der Waals surface area (Å²) in [5.74, 6) is 0.584. The van der Waals surface area contributed by atoms with Gasteiger partial charge in [0.1, 0.15) is 5.76 Å². The molecule has 0 saturated carbocycles. The standard InChI is InChI=1S/C19H21N5O3S2/c1-13-5-7-14(8-6-13)21-16(25)11-24(2)17(26)12-28-19-23-22-18(29-19)20-10-15-4-3-9-27-15/h3-9H,10-12H2,1-2H3,(H,20,22)(H,21,25). The second-order valence-corrected chi connectivity index (χ2v) is 8.46. The van der Waals surface area contributed by atoms with Gasteiger partial charge in [0.15, 0.2) is 4.34 Å². The highest BCUT2D eigenvalue weighted by molar-refractivity contribution is 8.01. The van der Waals surface area contributed by atoms with Gasteiger partial charge in [-0.2, -0.15) is 0 Å². The molecule has 0 fully saturated rings. The number of carbonyl (C=O) groups excluding carboxylic acids is 2. The third kappa shape index (κ3) is 6.61. The normalized spacial score (nSPS) is 10.6. The van der Waals surface area contributed by atoms with Crippen molar-refractivity contribution in [2.24, 2.45) is 0 Å². The second kappa shape index (κ2) is 10.1. The molecule has 0 atom stereocenters. The molecule has 8 nitrogen and oxygen atoms in total. The van der Waals surface area contributed by atoms with Gasteiger partial charge in [-0.15, -0.1) is 10.2 Å². The van der Waals surface area contributed by atoms with Crippen LogP contribution in [0.5, 0.6) is 0 Å². The van der Waals surface area contributed by atoms with E-state index in [1.165, 1.54) is 28.0 Å². The highest BCUT2D eigenvalue weighted by Crippen LogP contribution is 2.26. The average molecular weight is 432 g/mol. The van der Waals surface area contributed by atoms with E-state index in [0.717, 1.165) is 11.3 Å². The number of carbonyl (C=O) groups is 2. The van der Waals surface area contributed by atoms with Crippen molar-refractivity contribution in [1.82, 2.24) is 15.1 Å². The summed E-state index contributed by atoms with van der Waals surface area (Å²) in [5, 5.41) is 14.7. The zero-order chi connectivity index (χ0) is 20.6. The molecule has 3 rings (SSSR count). The zero-order valence-corrected chi connectivity index (χ0v) is 17.7. The van der Waals surface area contributed by atoms with Crippen molar-refractivity contribution in [3.05, 3.63) is 54.0 Å². The van der Waals surface area contributed by atoms with Crippen LogP contribution in [0.2, 0.25) is 0 Å². The molecule has 29 heavy (non-hydrogen) atoms. The average Bonchev–Trinajstić information content (AvgIpc) is 3.38. The van der Waals surface area contributed by atoms with Gasteiger partial charge >= 0.3 is 0 Å². The van der Waals surface area contributed by atoms with Gasteiger partial charge in [-0.05, 0) is 31.2 Å². The lowest BCUT2D eigenvalue weighted by Crippen LogP contribution is -2.35. The third-order valence-electron chi connectivity index (χ3n) is 3.86. The van der Waals surface area contributed by atoms with Crippen molar-refractivity contribution in [3.8, 4) is 0 Å². The van der Waals surface area contributed by atoms with Crippen LogP contribution in [0.1, 0.15) is 11.3 Å². The van der Waals surface area contributed by atoms with Crippen LogP contribution < -0.4 is 10.6 Å². The number of aryl methyl sites for hydroxylation is 1. The van der Waals surface area contributed by atoms with E-state index in [9.17, 15) is 9.59 Å². The lowest BCUT2D eigenvalue weighted by Gasteiger charge is -2.16. The Hall–Kier alpha value is -2.85. The maximum absolute atomic E-state index is 12.3. The van der Waals surface area contributed by atoms with Crippen molar-refractivity contribution in [3.63, 3.8) is 0 Å². The number of likely N-dealkylation sites (N-methyl/N-ethyl adjacent to an activating group) is 1. The molecule has 0 bridgehead atoms. The quantitative estimate of drug-likeness (QED) is 0.502. The smallest absolute Gasteiger partial charge is 0.243 e. The van der Waals surface area contributed by atoms with E-state index in [0.29, 0.717) is 21.7 Å². The lowest BCUT2D eigenvalue weighted by molar-refractivity contribution is -0.131. The summed E-state index contributed by atoms with van der Waals surface area (Å²) in [7, 11) is 1.61. The van der Waals surface area contributed by atoms with Crippen molar-refractivity contribution < 1.29 is 14.0 Å². The predicted octanol–water partition coefficient (Wildman–Crippen LogP) is 3.24. The maximum atomic E-state index is 12.3. The predicted molar refractivity (Wildman–Crippen MR) is 114 cm³/mol. The van der Waals surface area contributed by atoms with Crippen LogP contribution in [0.3, 0.4) is 0 Å². The van der Waals surface area contributed by atoms with Crippen molar-refractivity contribution in [2.45, 2.75) is 17.8 Å². The molecule has 0 aliphatic rings. The van der Waals surface area contributed by atoms with Crippen LogP contribution >= 0.6 is 23.1 Å². The van der Waals surface area contributed by atoms with E-state index >= 15 is 0 Å². The number of anilines is 2. The molecule has 2 aromatic heterocycles. The summed E-state index contributed by atoms with van der Waals surface area (Å²) in [6.07, 6.45) is 1.61. The molecule has 0 radical (unpaired) electrons. The van der Waals surface area contributed by atoms with E-state index in [2.05, 4.69) is 20.8 Å². The fraction of sp³-hybridized carbons (Fsp3) is 0.263. The molecule has 0 unspecified atom stereocenters. The fourth-order valence-electron chi connectivity index (χ4n) is 2.29. The highest BCUT2D eigenvalue weighted by Gasteiger charge is 2.15. The molecule has 152 valence electrons. The highest BCUT2D eigenvalue weighted by atomic mass is 32.2. The van der Waals surface area contributed by atoms with Gasteiger partial charge in [-0.3, -0.25) is 9.59 Å². The van der Waals surface area contributed by atoms with Gasteiger partial charge in [-0.25, -0.2) is 0 Å². The van der Waals surface area contributed by atoms with E-state index in [1.54, 1.807) is 13.3 Å². The topological polar surface area (TPSA) is 100 Å². The molecule has 2 N–H and O–H groups in total. The number of amides is 2. The molecule has 0 aliphatic heterocycles. The molecule has 1 aromatic carbocycles. The molecular weight excluding hydrogens is 410 g/mol. The molecule has 0 spiro atoms. The number of nitrogens with one attached hydrogen (secondary N) is 2. The number of thioether (sulfide) groups is 1. The monoisotopic (exact) mass is 431 g/mol. The number of benzene rings is 1. The minimum absolute atomic E-state index is 0.0145. The molecule has 2 heterocycles. The lowest BCUT2D eigenvalue weighted by atomic mass is 10.2. The van der Waals surface area contributed by atoms with Gasteiger partial charge in [-0.1, -0.05) is 40.8 Å². The van der Waals surface area contributed by atoms with E-state index in [1.807, 2.05) is 43.3 Å². The molecule has 3 aromatic rings. The van der Waals surface area contributed by atoms with Crippen LogP contribution in [-0.2, 0) is 16.1 Å². The Bertz CT molecular complexity index is 941. The Labute approximate surface area is 176 Å². The Balaban J connectivity index is 1.40. The fourth-order valence-corrected chi connectivity index (χ4v) is 3.98. The largest absolute Gasteiger partial charge is 0.467 e. The number of hydrogen-bond acceptors (Lipinski definition) is 8. The summed E-state index contributed by atoms with van der Waals surface area (Å²) in [6.45, 7) is 2.48. The minimum Gasteiger partial charge on any atom is -0.467 e. The van der Waals surface area contributed by atoms with Gasteiger partial charge in [0, 0.05) is 12.7 Å². The van der Waals surface area contributed by atoms with Crippen molar-refractivity contribution >= 4 is 45.7 Å². The van der Waals surface area contributed by atoms with Crippen molar-refractivity contribution in [2.75, 3.05) is 30.0 Å². The van der Waals surface area contributed by atoms with Gasteiger partial charge in [0.25, 0.3) is 0 Å². The number of rotatable bonds is 9. The summed E-state index contributed by atoms with van der Waals surface area (Å²) >= 11 is 2.66. The Kier molecular flexibility index (Phi) is 7.25. The van der Waals surface area contributed by atoms with Gasteiger partial charge in [0.05, 0.1) is 25.1 Å². The van der Waals surface area contributed by atoms with Crippen LogP contribution in [0.4, 0.5) is 10.8 Å². The molecular formula is C19H21N5O3S2. The summed E-state index contributed by atoms with van der Waals surface area (Å²) in [4.78, 5) is 25.8. The van der Waals surface area contributed by atoms with Crippen LogP contribution in [0.15, 0.2) is 51.4 Å². The van der Waals surface area contributed by atoms with Crippen molar-refractivity contribution in [1.29, 1.82) is 0 Å². The Morgan fingerprint density at radius 3 is 2.72 bits per heavy atom. The first-order valence-corrected chi connectivity index (χ1v) is 10.6. The third-order valence-corrected chi connectivity index (χ3v) is 5.86. The summed E-state index contributed by atoms with van der Waals surface area (Å²) < 4.78 is 5.93. The number of furan rings is 1. The SMILES string of the molecule is Cc1ccc(NC(=O)CN(C)C(=O)CSc2nnc(NCc3ccco3)s2)cc1. The second-order valence-electron chi connectivity index (χ2n) is 6.26. The number of nitrogens with zero attached hydrogens (tertiary/aromatic N) is 3. The van der Waals surface area contributed by atoms with Crippen LogP contribution in [0.25, 0.3) is 0 Å². The van der Waals surface area contributed by atoms with Gasteiger partial charge in [0.2, 0.25) is 16.9 Å². The summed E-state index contributed by atoms with van der Waals surface area (Å²) in [6, 6.07) is 11.2. The van der Waals surface area contributed by atoms with E-state index in [-0.39, 0.29) is 24.1 Å². The Morgan fingerprint density at radius 1 is 1.21 bits per heavy atom. The number of aromatic nitrogens is 2. The minimum atomic E-state index is -0.241. The number of hydrogen-bond donors (Lipinski definition) is 2. The van der Waals surface area contributed by atoms with Crippen LogP contribution in [-0.4, -0.2) is 46.3 Å². The first-order chi connectivity index (χ1) is 14.0. The molecule has 0 aliphatic carbocycles. The van der Waals surface area contributed by atoms with Gasteiger partial charge < -0.3 is 20.0 Å². The van der Waals surface area contributed by atoms with Crippen LogP contribution in [0, 0.1) is 6.92 Å². The first-order valence-electron chi connectivity index (χ1n) is 8.82. The van der Waals surface area contributed by atoms with E-state index < -0.39 is 0 Å². The molecule has 2 amide bonds. The van der Waals surface area contributed by atoms with E-state index in [4.69, 9.17) is 4.42 Å². The molecule has 0 saturated heterocycles. The zero-order valence-electron chi connectivity index (χ0n) is 16.0. The maximum Gasteiger partial charge on any atom is 0.243 e. The first kappa shape index (κ1) is 20.9. The summed E-state index contributed by atoms with van der Waals surface area (Å²) in [5.41, 5.74) is 1.82. The Morgan fingerprint density at radius 2 is 2.00 bits per heavy atom.